The average molecular weight is 326 g/mol. The van der Waals surface area contributed by atoms with Crippen LogP contribution < -0.4 is 10.6 Å². The summed E-state index contributed by atoms with van der Waals surface area (Å²) in [4.78, 5) is 24.9. The van der Waals surface area contributed by atoms with Gasteiger partial charge in [0.05, 0.1) is 0 Å². The summed E-state index contributed by atoms with van der Waals surface area (Å²) in [5.74, 6) is 4.15. The van der Waals surface area contributed by atoms with Crippen LogP contribution in [0.3, 0.4) is 0 Å². The number of anilines is 2. The lowest BCUT2D eigenvalue weighted by Crippen LogP contribution is -2.09. The maximum absolute atomic E-state index is 11.2. The van der Waals surface area contributed by atoms with Gasteiger partial charge in [0.1, 0.15) is 0 Å². The normalized spacial score (nSPS) is 13.0. The number of hydrogen-bond acceptors (Lipinski definition) is 2. The third kappa shape index (κ3) is 3.19. The van der Waals surface area contributed by atoms with Crippen molar-refractivity contribution in [2.24, 2.45) is 0 Å². The molecule has 2 N–H and O–H groups in total. The molecule has 0 saturated heterocycles. The summed E-state index contributed by atoms with van der Waals surface area (Å²) in [6.45, 7) is 3.00. The van der Waals surface area contributed by atoms with Crippen LogP contribution in [-0.4, -0.2) is 17.7 Å². The van der Waals surface area contributed by atoms with Crippen LogP contribution in [0.1, 0.15) is 25.0 Å². The first-order chi connectivity index (χ1) is 10.9. The highest BCUT2D eigenvalue weighted by atomic mass is 32.2. The summed E-state index contributed by atoms with van der Waals surface area (Å²) in [5.41, 5.74) is 3.94. The van der Waals surface area contributed by atoms with Crippen LogP contribution in [0.15, 0.2) is 46.2 Å². The van der Waals surface area contributed by atoms with Gasteiger partial charge in [-0.25, -0.2) is 0 Å². The summed E-state index contributed by atoms with van der Waals surface area (Å²) < 4.78 is 0. The summed E-state index contributed by atoms with van der Waals surface area (Å²) in [7, 11) is -0.257. The number of carbonyl (C=O) groups excluding carboxylic acids is 2. The predicted octanol–water partition coefficient (Wildman–Crippen LogP) is 3.63. The number of amides is 2. The van der Waals surface area contributed by atoms with Crippen LogP contribution in [0.4, 0.5) is 11.4 Å². The molecule has 0 bridgehead atoms. The molecule has 23 heavy (non-hydrogen) atoms. The van der Waals surface area contributed by atoms with E-state index in [4.69, 9.17) is 0 Å². The van der Waals surface area contributed by atoms with Gasteiger partial charge < -0.3 is 10.6 Å². The van der Waals surface area contributed by atoms with Crippen molar-refractivity contribution < 1.29 is 9.59 Å². The van der Waals surface area contributed by atoms with Gasteiger partial charge in [-0.2, -0.15) is 0 Å². The molecule has 1 aliphatic heterocycles. The summed E-state index contributed by atoms with van der Waals surface area (Å²) in [5, 5.41) is 5.64. The highest BCUT2D eigenvalue weighted by molar-refractivity contribution is 8.14. The van der Waals surface area contributed by atoms with Gasteiger partial charge in [-0.3, -0.25) is 9.59 Å². The molecule has 2 aromatic rings. The van der Waals surface area contributed by atoms with E-state index >= 15 is 0 Å². The van der Waals surface area contributed by atoms with Gasteiger partial charge in [0, 0.05) is 35.0 Å². The second kappa shape index (κ2) is 6.01. The molecule has 0 fully saturated rings. The van der Waals surface area contributed by atoms with E-state index < -0.39 is 0 Å². The molecule has 5 heteroatoms. The highest BCUT2D eigenvalue weighted by Gasteiger charge is 2.19. The Morgan fingerprint density at radius 2 is 1.35 bits per heavy atom. The molecule has 2 aromatic carbocycles. The summed E-state index contributed by atoms with van der Waals surface area (Å²) >= 11 is 0. The first kappa shape index (κ1) is 15.5. The van der Waals surface area contributed by atoms with Crippen molar-refractivity contribution in [3.05, 3.63) is 47.5 Å². The molecule has 118 valence electrons. The van der Waals surface area contributed by atoms with E-state index in [0.29, 0.717) is 0 Å². The lowest BCUT2D eigenvalue weighted by Gasteiger charge is -2.24. The molecule has 4 nitrogen and oxygen atoms in total. The molecule has 0 unspecified atom stereocenters. The molecule has 1 heterocycles. The third-order valence-electron chi connectivity index (χ3n) is 3.67. The zero-order valence-electron chi connectivity index (χ0n) is 13.1. The lowest BCUT2D eigenvalue weighted by molar-refractivity contribution is -0.115. The maximum Gasteiger partial charge on any atom is 0.221 e. The number of nitrogens with one attached hydrogen (secondary N) is 2. The molecular formula is C18H18N2O2S. The first-order valence-corrected chi connectivity index (χ1v) is 8.68. The summed E-state index contributed by atoms with van der Waals surface area (Å²) in [6.07, 6.45) is 0.768. The second-order valence-electron chi connectivity index (χ2n) is 5.57. The Hall–Kier alpha value is -2.40. The van der Waals surface area contributed by atoms with Crippen LogP contribution in [0.5, 0.6) is 0 Å². The fourth-order valence-corrected chi connectivity index (χ4v) is 4.40. The van der Waals surface area contributed by atoms with Crippen molar-refractivity contribution in [1.29, 1.82) is 0 Å². The van der Waals surface area contributed by atoms with E-state index in [0.717, 1.165) is 17.8 Å². The fraction of sp³-hybridized carbons (Fsp3) is 0.167. The largest absolute Gasteiger partial charge is 0.326 e. The Labute approximate surface area is 137 Å². The quantitative estimate of drug-likeness (QED) is 0.707. The third-order valence-corrected chi connectivity index (χ3v) is 5.53. The zero-order chi connectivity index (χ0) is 16.6. The SMILES string of the molecule is C=S1c2ccc(NC(C)=O)cc2Cc2cc(NC(C)=O)ccc21. The first-order valence-electron chi connectivity index (χ1n) is 7.29. The van der Waals surface area contributed by atoms with Crippen molar-refractivity contribution in [3.8, 4) is 0 Å². The fourth-order valence-electron chi connectivity index (χ4n) is 2.80. The molecule has 0 spiro atoms. The minimum atomic E-state index is -0.257. The molecule has 0 saturated carbocycles. The Morgan fingerprint density at radius 3 is 1.74 bits per heavy atom. The Morgan fingerprint density at radius 1 is 0.913 bits per heavy atom. The van der Waals surface area contributed by atoms with Gasteiger partial charge >= 0.3 is 0 Å². The molecule has 3 rings (SSSR count). The summed E-state index contributed by atoms with van der Waals surface area (Å²) in [6, 6.07) is 11.9. The topological polar surface area (TPSA) is 58.2 Å². The smallest absolute Gasteiger partial charge is 0.221 e. The second-order valence-corrected chi connectivity index (χ2v) is 7.24. The maximum atomic E-state index is 11.2. The van der Waals surface area contributed by atoms with Gasteiger partial charge in [-0.15, -0.1) is 10.5 Å². The molecule has 0 radical (unpaired) electrons. The molecule has 0 aromatic heterocycles. The molecule has 2 amide bonds. The number of carbonyl (C=O) groups is 2. The van der Waals surface area contributed by atoms with E-state index in [1.807, 2.05) is 36.4 Å². The van der Waals surface area contributed by atoms with Crippen molar-refractivity contribution >= 4 is 39.5 Å². The zero-order valence-corrected chi connectivity index (χ0v) is 13.9. The van der Waals surface area contributed by atoms with Crippen LogP contribution in [0.2, 0.25) is 0 Å². The molecular weight excluding hydrogens is 308 g/mol. The number of hydrogen-bond donors (Lipinski definition) is 2. The van der Waals surface area contributed by atoms with Gasteiger partial charge in [0.2, 0.25) is 11.8 Å². The van der Waals surface area contributed by atoms with Gasteiger partial charge in [0.25, 0.3) is 0 Å². The predicted molar refractivity (Wildman–Crippen MR) is 95.5 cm³/mol. The standard InChI is InChI=1S/C18H18N2O2S/c1-11(21)19-15-4-6-17-13(9-15)8-14-10-16(20-12(2)22)5-7-18(14)23(17)3/h4-7,9-10H,3,8H2,1-2H3,(H,19,21)(H,20,22). The monoisotopic (exact) mass is 326 g/mol. The van der Waals surface area contributed by atoms with E-state index in [9.17, 15) is 9.59 Å². The van der Waals surface area contributed by atoms with Crippen LogP contribution in [-0.2, 0) is 16.0 Å². The molecule has 0 atom stereocenters. The van der Waals surface area contributed by atoms with E-state index in [1.165, 1.54) is 34.8 Å². The van der Waals surface area contributed by atoms with Gasteiger partial charge in [-0.05, 0) is 53.9 Å². The number of fused-ring (bicyclic) bond motifs is 2. The molecule has 0 aliphatic carbocycles. The lowest BCUT2D eigenvalue weighted by atomic mass is 10.0. The Bertz CT molecular complexity index is 775. The van der Waals surface area contributed by atoms with E-state index in [2.05, 4.69) is 16.5 Å². The Kier molecular flexibility index (Phi) is 4.05. The minimum Gasteiger partial charge on any atom is -0.326 e. The average Bonchev–Trinajstić information content (AvgIpc) is 2.45. The van der Waals surface area contributed by atoms with Crippen molar-refractivity contribution in [2.45, 2.75) is 30.1 Å². The highest BCUT2D eigenvalue weighted by Crippen LogP contribution is 2.45. The minimum absolute atomic E-state index is 0.0808. The van der Waals surface area contributed by atoms with E-state index in [-0.39, 0.29) is 22.3 Å². The van der Waals surface area contributed by atoms with E-state index in [1.54, 1.807) is 0 Å². The van der Waals surface area contributed by atoms with Crippen LogP contribution >= 0.6 is 10.5 Å². The number of rotatable bonds is 2. The van der Waals surface area contributed by atoms with Gasteiger partial charge in [0.15, 0.2) is 0 Å². The van der Waals surface area contributed by atoms with Crippen molar-refractivity contribution in [1.82, 2.24) is 0 Å². The molecule has 1 aliphatic rings. The number of benzene rings is 2. The van der Waals surface area contributed by atoms with Crippen molar-refractivity contribution in [3.63, 3.8) is 0 Å². The van der Waals surface area contributed by atoms with Crippen molar-refractivity contribution in [2.75, 3.05) is 10.6 Å². The van der Waals surface area contributed by atoms with Crippen LogP contribution in [0, 0.1) is 0 Å². The van der Waals surface area contributed by atoms with Crippen LogP contribution in [0.25, 0.3) is 0 Å². The van der Waals surface area contributed by atoms with Gasteiger partial charge in [-0.1, -0.05) is 5.87 Å². The Balaban J connectivity index is 1.98.